The minimum atomic E-state index is -0.117. The van der Waals surface area contributed by atoms with Crippen molar-refractivity contribution in [2.24, 2.45) is 5.41 Å². The molecule has 0 aliphatic rings. The summed E-state index contributed by atoms with van der Waals surface area (Å²) in [4.78, 5) is 11.0. The Morgan fingerprint density at radius 1 is 0.800 bits per heavy atom. The molecule has 0 aliphatic heterocycles. The van der Waals surface area contributed by atoms with E-state index in [2.05, 4.69) is 49.8 Å². The van der Waals surface area contributed by atoms with Crippen molar-refractivity contribution in [2.45, 2.75) is 104 Å². The van der Waals surface area contributed by atoms with Gasteiger partial charge in [0, 0.05) is 11.8 Å². The molecule has 0 aromatic heterocycles. The van der Waals surface area contributed by atoms with E-state index < -0.39 is 0 Å². The third-order valence-electron chi connectivity index (χ3n) is 4.55. The Kier molecular flexibility index (Phi) is 15.7. The Morgan fingerprint density at radius 2 is 1.28 bits per heavy atom. The van der Waals surface area contributed by atoms with Gasteiger partial charge in [-0.15, -0.1) is 0 Å². The maximum absolute atomic E-state index is 11.0. The second-order valence-electron chi connectivity index (χ2n) is 7.71. The Balaban J connectivity index is 3.62. The summed E-state index contributed by atoms with van der Waals surface area (Å²) < 4.78 is 4.65. The molecule has 0 amide bonds. The van der Waals surface area contributed by atoms with Crippen molar-refractivity contribution in [3.63, 3.8) is 0 Å². The molecular formula is C23H42O2. The van der Waals surface area contributed by atoms with E-state index in [1.54, 1.807) is 0 Å². The van der Waals surface area contributed by atoms with Crippen LogP contribution >= 0.6 is 0 Å². The topological polar surface area (TPSA) is 26.3 Å². The van der Waals surface area contributed by atoms with Crippen molar-refractivity contribution < 1.29 is 9.53 Å². The van der Waals surface area contributed by atoms with Crippen molar-refractivity contribution in [2.75, 3.05) is 7.11 Å². The highest BCUT2D eigenvalue weighted by molar-refractivity contribution is 5.69. The number of esters is 1. The molecule has 0 spiro atoms. The van der Waals surface area contributed by atoms with Gasteiger partial charge in [0.05, 0.1) is 7.11 Å². The van der Waals surface area contributed by atoms with Gasteiger partial charge in [-0.05, 0) is 25.7 Å². The van der Waals surface area contributed by atoms with E-state index in [0.717, 1.165) is 12.8 Å². The van der Waals surface area contributed by atoms with Crippen molar-refractivity contribution in [1.29, 1.82) is 0 Å². The van der Waals surface area contributed by atoms with Crippen molar-refractivity contribution >= 4 is 5.97 Å². The van der Waals surface area contributed by atoms with E-state index in [4.69, 9.17) is 0 Å². The first-order valence-corrected chi connectivity index (χ1v) is 10.4. The fourth-order valence-electron chi connectivity index (χ4n) is 2.87. The van der Waals surface area contributed by atoms with Crippen molar-refractivity contribution in [3.8, 4) is 0 Å². The van der Waals surface area contributed by atoms with Crippen LogP contribution in [0.1, 0.15) is 104 Å². The standard InChI is InChI=1S/C23H42O2/c1-5-6-7-8-9-10-11-12-13-14-17-20-23(2,3)21-18-15-16-19-22(24)25-4/h17-18,20-21H,5-16,19H2,1-4H3. The summed E-state index contributed by atoms with van der Waals surface area (Å²) >= 11 is 0. The van der Waals surface area contributed by atoms with Crippen LogP contribution in [0.5, 0.6) is 0 Å². The second kappa shape index (κ2) is 16.4. The minimum absolute atomic E-state index is 0.102. The van der Waals surface area contributed by atoms with Crippen LogP contribution in [0.3, 0.4) is 0 Å². The number of allylic oxidation sites excluding steroid dienone is 4. The summed E-state index contributed by atoms with van der Waals surface area (Å²) in [6.07, 6.45) is 25.1. The highest BCUT2D eigenvalue weighted by Gasteiger charge is 2.07. The Bertz CT molecular complexity index is 366. The molecule has 0 atom stereocenters. The summed E-state index contributed by atoms with van der Waals surface area (Å²) in [5, 5.41) is 0. The smallest absolute Gasteiger partial charge is 0.305 e. The third kappa shape index (κ3) is 17.6. The molecule has 0 unspecified atom stereocenters. The fourth-order valence-corrected chi connectivity index (χ4v) is 2.87. The zero-order valence-corrected chi connectivity index (χ0v) is 17.3. The molecule has 0 aromatic rings. The molecule has 0 heterocycles. The first-order chi connectivity index (χ1) is 12.0. The molecule has 0 N–H and O–H groups in total. The lowest BCUT2D eigenvalue weighted by molar-refractivity contribution is -0.140. The maximum Gasteiger partial charge on any atom is 0.305 e. The molecule has 25 heavy (non-hydrogen) atoms. The molecule has 0 bridgehead atoms. The van der Waals surface area contributed by atoms with E-state index in [1.807, 2.05) is 0 Å². The minimum Gasteiger partial charge on any atom is -0.469 e. The number of carbonyl (C=O) groups is 1. The zero-order chi connectivity index (χ0) is 18.8. The van der Waals surface area contributed by atoms with Gasteiger partial charge in [-0.2, -0.15) is 0 Å². The zero-order valence-electron chi connectivity index (χ0n) is 17.3. The Labute approximate surface area is 157 Å². The van der Waals surface area contributed by atoms with Crippen LogP contribution < -0.4 is 0 Å². The van der Waals surface area contributed by atoms with Gasteiger partial charge < -0.3 is 4.74 Å². The third-order valence-corrected chi connectivity index (χ3v) is 4.55. The molecule has 146 valence electrons. The van der Waals surface area contributed by atoms with Gasteiger partial charge in [0.25, 0.3) is 0 Å². The molecule has 0 fully saturated rings. The monoisotopic (exact) mass is 350 g/mol. The highest BCUT2D eigenvalue weighted by atomic mass is 16.5. The van der Waals surface area contributed by atoms with Crippen molar-refractivity contribution in [3.05, 3.63) is 24.3 Å². The molecule has 0 radical (unpaired) electrons. The van der Waals surface area contributed by atoms with E-state index in [1.165, 1.54) is 71.3 Å². The molecule has 2 nitrogen and oxygen atoms in total. The molecule has 0 rings (SSSR count). The number of rotatable bonds is 16. The van der Waals surface area contributed by atoms with Gasteiger partial charge in [0.2, 0.25) is 0 Å². The number of methoxy groups -OCH3 is 1. The molecule has 0 saturated carbocycles. The average Bonchev–Trinajstić information content (AvgIpc) is 2.59. The average molecular weight is 351 g/mol. The first kappa shape index (κ1) is 23.9. The van der Waals surface area contributed by atoms with Crippen LogP contribution in [0.4, 0.5) is 0 Å². The van der Waals surface area contributed by atoms with Crippen LogP contribution in [-0.4, -0.2) is 13.1 Å². The van der Waals surface area contributed by atoms with Gasteiger partial charge in [-0.3, -0.25) is 4.79 Å². The lowest BCUT2D eigenvalue weighted by Gasteiger charge is -2.14. The van der Waals surface area contributed by atoms with Crippen molar-refractivity contribution in [1.82, 2.24) is 0 Å². The summed E-state index contributed by atoms with van der Waals surface area (Å²) in [6, 6.07) is 0. The van der Waals surface area contributed by atoms with Gasteiger partial charge in [0.1, 0.15) is 0 Å². The SMILES string of the molecule is CCCCCCCCCCCC=CC(C)(C)C=CCCCC(=O)OC. The van der Waals surface area contributed by atoms with Gasteiger partial charge >= 0.3 is 5.97 Å². The predicted molar refractivity (Wildman–Crippen MR) is 110 cm³/mol. The maximum atomic E-state index is 11.0. The number of hydrogen-bond acceptors (Lipinski definition) is 2. The van der Waals surface area contributed by atoms with Crippen LogP contribution in [0.15, 0.2) is 24.3 Å². The summed E-state index contributed by atoms with van der Waals surface area (Å²) in [5.41, 5.74) is 0.102. The predicted octanol–water partition coefficient (Wildman–Crippen LogP) is 7.39. The number of unbranched alkanes of at least 4 members (excludes halogenated alkanes) is 10. The van der Waals surface area contributed by atoms with Crippen LogP contribution in [0.2, 0.25) is 0 Å². The van der Waals surface area contributed by atoms with Crippen LogP contribution in [-0.2, 0) is 9.53 Å². The van der Waals surface area contributed by atoms with E-state index in [9.17, 15) is 4.79 Å². The van der Waals surface area contributed by atoms with Gasteiger partial charge in [-0.25, -0.2) is 0 Å². The van der Waals surface area contributed by atoms with Gasteiger partial charge in [0.15, 0.2) is 0 Å². The largest absolute Gasteiger partial charge is 0.469 e. The van der Waals surface area contributed by atoms with Crippen LogP contribution in [0, 0.1) is 5.41 Å². The Hall–Kier alpha value is -1.05. The molecule has 0 saturated heterocycles. The van der Waals surface area contributed by atoms with E-state index >= 15 is 0 Å². The van der Waals surface area contributed by atoms with Gasteiger partial charge in [-0.1, -0.05) is 96.4 Å². The van der Waals surface area contributed by atoms with E-state index in [-0.39, 0.29) is 11.4 Å². The van der Waals surface area contributed by atoms with Crippen LogP contribution in [0.25, 0.3) is 0 Å². The molecule has 0 aliphatic carbocycles. The lowest BCUT2D eigenvalue weighted by atomic mass is 9.91. The lowest BCUT2D eigenvalue weighted by Crippen LogP contribution is -2.02. The summed E-state index contributed by atoms with van der Waals surface area (Å²) in [6.45, 7) is 6.74. The molecular weight excluding hydrogens is 308 g/mol. The quantitative estimate of drug-likeness (QED) is 0.165. The summed E-state index contributed by atoms with van der Waals surface area (Å²) in [7, 11) is 1.44. The van der Waals surface area contributed by atoms with E-state index in [0.29, 0.717) is 6.42 Å². The summed E-state index contributed by atoms with van der Waals surface area (Å²) in [5.74, 6) is -0.117. The normalized spacial score (nSPS) is 12.3. The second-order valence-corrected chi connectivity index (χ2v) is 7.71. The molecule has 2 heteroatoms. The fraction of sp³-hybridized carbons (Fsp3) is 0.783. The first-order valence-electron chi connectivity index (χ1n) is 10.4. The molecule has 0 aromatic carbocycles. The Morgan fingerprint density at radius 3 is 1.80 bits per heavy atom. The number of carbonyl (C=O) groups excluding carboxylic acids is 1. The number of hydrogen-bond donors (Lipinski definition) is 0. The number of ether oxygens (including phenoxy) is 1. The highest BCUT2D eigenvalue weighted by Crippen LogP contribution is 2.20.